The van der Waals surface area contributed by atoms with Crippen molar-refractivity contribution in [2.45, 2.75) is 188 Å². The molecule has 124 heavy (non-hydrogen) atoms. The molecule has 6 aromatic carbocycles. The van der Waals surface area contributed by atoms with Crippen LogP contribution in [0.1, 0.15) is 141 Å². The topological polar surface area (TPSA) is 589 Å². The van der Waals surface area contributed by atoms with Crippen molar-refractivity contribution < 1.29 is 128 Å². The van der Waals surface area contributed by atoms with E-state index in [0.29, 0.717) is 5.56 Å². The summed E-state index contributed by atoms with van der Waals surface area (Å²) in [7, 11) is 1.47. The number of terminal acetylenes is 1. The maximum Gasteiger partial charge on any atom is 0.330 e. The standard InChI is InChI=1S/C85H99Cl2N11O26/c1-6-38-11-13-39(14-12-38)32-92-85-31-58(63(85)37(4)76(85)111)122-75-73(110)72(109)59(35-100)123-84(75)124-74-56-27-43-28-57(74)121-55-20-17-42(26-49(55)87)70(107)68-82(117)96-66(83(118)119)46-29-53(103)47(33-90-21-8-22-91-61(105)10-7-9-44(101)34-99)71(108)62(46)45-24-40(15-18-52(45)102)64(79(114)98-68)95-80(115)65(43)94-78(113)51(30-60(88)104)93-81(116)67(97-77(112)50(89-5)23-36(2)3)69(106)41-16-19-54(120-56)48(86)25-41/h1,11-20,24-29,36-37,44,50-51,58-59,63-70,72-73,75-76,84,89-90,92,99-103,106-111H,7-10,21-23,30-35H2,2-5H3,(H2,88,104)(H,91,105)(H,93,116)(H,94,113)(H,95,115)(H,96,117)(H,97,112)(H,98,114)(H,118,119)/t37-,44+,50-,51?,58+,59-,63?,64+,65-,66+,67-,68+,69-,70-,72?,73?,75-,76-,84+,85?/m1/s1. The van der Waals surface area contributed by atoms with Crippen molar-refractivity contribution in [1.82, 2.24) is 53.2 Å². The number of aliphatic hydroxyl groups is 8. The van der Waals surface area contributed by atoms with Crippen LogP contribution >= 0.6 is 23.2 Å². The molecule has 20 atom stereocenters. The molecule has 0 aromatic heterocycles. The van der Waals surface area contributed by atoms with Gasteiger partial charge in [0.2, 0.25) is 59.3 Å². The van der Waals surface area contributed by atoms with E-state index in [2.05, 4.69) is 59.1 Å². The lowest BCUT2D eigenvalue weighted by molar-refractivity contribution is -0.333. The van der Waals surface area contributed by atoms with Crippen LogP contribution in [0.15, 0.2) is 97.1 Å². The van der Waals surface area contributed by atoms with Gasteiger partial charge in [0.1, 0.15) is 95.6 Å². The van der Waals surface area contributed by atoms with Gasteiger partial charge in [-0.05, 0) is 152 Å². The molecule has 664 valence electrons. The van der Waals surface area contributed by atoms with Crippen molar-refractivity contribution in [1.29, 1.82) is 0 Å². The molecular weight excluding hydrogens is 1660 g/mol. The number of aliphatic hydroxyl groups excluding tert-OH is 8. The number of phenolic OH excluding ortho intramolecular Hbond substituents is 3. The number of primary amides is 1. The molecule has 11 bridgehead atoms. The number of hydrogen-bond acceptors (Lipinski definition) is 28. The molecular formula is C85H99Cl2N11O26. The van der Waals surface area contributed by atoms with Crippen molar-refractivity contribution >= 4 is 76.4 Å². The van der Waals surface area contributed by atoms with Crippen LogP contribution in [0.3, 0.4) is 0 Å². The zero-order valence-electron chi connectivity index (χ0n) is 67.5. The average molecular weight is 1760 g/mol. The third-order valence-corrected chi connectivity index (χ3v) is 23.7. The zero-order valence-corrected chi connectivity index (χ0v) is 69.0. The molecule has 14 rings (SSSR count). The summed E-state index contributed by atoms with van der Waals surface area (Å²) in [6.07, 6.45) is -10.8. The first-order valence-electron chi connectivity index (χ1n) is 40.2. The highest BCUT2D eigenvalue weighted by Crippen LogP contribution is 2.60. The second kappa shape index (κ2) is 39.4. The van der Waals surface area contributed by atoms with Crippen LogP contribution in [0.4, 0.5) is 0 Å². The molecule has 1 saturated heterocycles. The fourth-order valence-corrected chi connectivity index (χ4v) is 16.9. The molecule has 24 N–H and O–H groups in total. The number of fused-ring (bicyclic) bond motifs is 16. The highest BCUT2D eigenvalue weighted by molar-refractivity contribution is 6.32. The molecule has 6 aromatic rings. The first kappa shape index (κ1) is 92.2. The summed E-state index contributed by atoms with van der Waals surface area (Å²) in [6.45, 7) is 4.08. The lowest BCUT2D eigenvalue weighted by Gasteiger charge is -2.69. The Hall–Kier alpha value is -11.0. The van der Waals surface area contributed by atoms with Gasteiger partial charge in [0.25, 0.3) is 0 Å². The Morgan fingerprint density at radius 3 is 1.99 bits per heavy atom. The number of benzene rings is 6. The number of carbonyl (C=O) groups is 9. The number of aliphatic carboxylic acids is 1. The average Bonchev–Trinajstić information content (AvgIpc) is 0.680. The lowest BCUT2D eigenvalue weighted by atomic mass is 9.44. The van der Waals surface area contributed by atoms with E-state index in [1.165, 1.54) is 19.2 Å². The first-order valence-corrected chi connectivity index (χ1v) is 40.9. The quantitative estimate of drug-likeness (QED) is 0.0252. The minimum absolute atomic E-state index is 0.0466. The predicted octanol–water partition coefficient (Wildman–Crippen LogP) is 0.921. The third-order valence-electron chi connectivity index (χ3n) is 23.2. The second-order valence-corrected chi connectivity index (χ2v) is 32.8. The number of nitrogens with two attached hydrogens (primary N) is 1. The molecule has 0 radical (unpaired) electrons. The maximum atomic E-state index is 16.4. The van der Waals surface area contributed by atoms with Crippen LogP contribution in [0.25, 0.3) is 11.1 Å². The van der Waals surface area contributed by atoms with Crippen molar-refractivity contribution in [3.8, 4) is 69.5 Å². The van der Waals surface area contributed by atoms with E-state index in [4.69, 9.17) is 64.1 Å². The van der Waals surface area contributed by atoms with Crippen molar-refractivity contribution in [3.63, 3.8) is 0 Å². The smallest absolute Gasteiger partial charge is 0.330 e. The van der Waals surface area contributed by atoms with Gasteiger partial charge in [-0.15, -0.1) is 6.42 Å². The van der Waals surface area contributed by atoms with Crippen LogP contribution in [0.5, 0.6) is 46.0 Å². The number of ether oxygens (including phenoxy) is 5. The van der Waals surface area contributed by atoms with Gasteiger partial charge in [0.05, 0.1) is 65.1 Å². The van der Waals surface area contributed by atoms with Gasteiger partial charge < -0.3 is 144 Å². The Balaban J connectivity index is 1.02. The summed E-state index contributed by atoms with van der Waals surface area (Å²) in [5.74, 6) is -15.0. The van der Waals surface area contributed by atoms with E-state index >= 15 is 24.0 Å². The largest absolute Gasteiger partial charge is 0.507 e. The van der Waals surface area contributed by atoms with Crippen LogP contribution in [0, 0.1) is 30.1 Å². The second-order valence-electron chi connectivity index (χ2n) is 32.0. The van der Waals surface area contributed by atoms with Gasteiger partial charge in [0, 0.05) is 54.2 Å². The van der Waals surface area contributed by atoms with E-state index in [1.807, 2.05) is 26.0 Å². The summed E-state index contributed by atoms with van der Waals surface area (Å²) in [5, 5.41) is 164. The minimum atomic E-state index is -2.39. The normalized spacial score (nSPS) is 27.0. The third kappa shape index (κ3) is 19.9. The molecule has 37 nitrogen and oxygen atoms in total. The van der Waals surface area contributed by atoms with E-state index in [0.717, 1.165) is 66.2 Å². The van der Waals surface area contributed by atoms with Gasteiger partial charge in [0.15, 0.2) is 17.5 Å². The molecule has 8 amide bonds. The number of rotatable bonds is 27. The Morgan fingerprint density at radius 1 is 0.726 bits per heavy atom. The number of carbonyl (C=O) groups excluding carboxylic acids is 8. The van der Waals surface area contributed by atoms with Crippen LogP contribution in [-0.4, -0.2) is 227 Å². The molecule has 39 heteroatoms. The van der Waals surface area contributed by atoms with E-state index in [9.17, 15) is 75.3 Å². The highest BCUT2D eigenvalue weighted by atomic mass is 35.5. The molecule has 2 saturated carbocycles. The number of nitrogens with one attached hydrogen (secondary N) is 10. The number of phenols is 3. The lowest BCUT2D eigenvalue weighted by Crippen LogP contribution is -2.83. The number of carboxylic acids is 1. The Bertz CT molecular complexity index is 5080. The summed E-state index contributed by atoms with van der Waals surface area (Å²) in [5.41, 5.74) is 2.94. The number of amides is 8. The maximum absolute atomic E-state index is 16.4. The molecule has 2 aliphatic carbocycles. The number of halogens is 2. The van der Waals surface area contributed by atoms with Gasteiger partial charge in [-0.2, -0.15) is 0 Å². The first-order chi connectivity index (χ1) is 59.1. The van der Waals surface area contributed by atoms with E-state index < -0.39 is 267 Å². The predicted molar refractivity (Wildman–Crippen MR) is 439 cm³/mol. The monoisotopic (exact) mass is 1760 g/mol. The fourth-order valence-electron chi connectivity index (χ4n) is 16.5. The van der Waals surface area contributed by atoms with Gasteiger partial charge in [-0.25, -0.2) is 4.79 Å². The van der Waals surface area contributed by atoms with E-state index in [1.54, 1.807) is 19.1 Å². The molecule has 5 unspecified atom stereocenters. The SMILES string of the molecule is C#Cc1ccc(CNC23C[C@H](O[C@@H]4C(O)C(O)[C@@H](CO)O[C@H]4Oc4c5cc6cc4Oc4ccc(cc4Cl)[C@@H](O)[C@@H](NC(=O)[C@@H](CC(C)C)NC)C(=O)NC(CC(N)=O)C(=O)N[C@H]6C(=O)N[C@@H]4C(=O)N[C@H](C(=O)N[C@H](C(=O)O)c6cc(O)c(CNCCCNC(=O)CCC[C@H](O)CO)c(O)c6-c6cc4ccc6O)[C@H](O)c4ccc(c(Cl)c4)O5)C2[C@@H](C)[C@H]3O)cc1. The summed E-state index contributed by atoms with van der Waals surface area (Å²) < 4.78 is 33.5. The summed E-state index contributed by atoms with van der Waals surface area (Å²) in [6, 6.07) is 5.51. The number of hydrogen-bond donors (Lipinski definition) is 23. The van der Waals surface area contributed by atoms with Crippen LogP contribution in [-0.2, 0) is 65.7 Å². The summed E-state index contributed by atoms with van der Waals surface area (Å²) >= 11 is 14.4. The molecule has 6 heterocycles. The fraction of sp³-hybridized carbons (Fsp3) is 0.447. The minimum Gasteiger partial charge on any atom is -0.507 e. The van der Waals surface area contributed by atoms with Crippen molar-refractivity contribution in [2.24, 2.45) is 23.5 Å². The van der Waals surface area contributed by atoms with Crippen LogP contribution in [0.2, 0.25) is 10.0 Å². The number of likely N-dealkylation sites (N-methyl/N-ethyl adjacent to an activating group) is 1. The molecule has 0 spiro atoms. The Labute approximate surface area is 720 Å². The Kier molecular flexibility index (Phi) is 29.3. The Morgan fingerprint density at radius 2 is 1.37 bits per heavy atom. The van der Waals surface area contributed by atoms with Crippen molar-refractivity contribution in [3.05, 3.63) is 152 Å². The van der Waals surface area contributed by atoms with E-state index in [-0.39, 0.29) is 97.4 Å². The molecule has 3 fully saturated rings. The van der Waals surface area contributed by atoms with Crippen LogP contribution < -0.4 is 73.1 Å². The van der Waals surface area contributed by atoms with Gasteiger partial charge in [-0.3, -0.25) is 38.4 Å². The highest BCUT2D eigenvalue weighted by Gasteiger charge is 2.71. The van der Waals surface area contributed by atoms with Crippen molar-refractivity contribution in [2.75, 3.05) is 33.4 Å². The molecule has 8 aliphatic rings. The zero-order chi connectivity index (χ0) is 89.6. The number of aromatic hydroxyl groups is 3. The summed E-state index contributed by atoms with van der Waals surface area (Å²) in [4.78, 5) is 132. The number of carboxylic acid groups (broad SMARTS) is 1. The van der Waals surface area contributed by atoms with Gasteiger partial charge >= 0.3 is 5.97 Å². The van der Waals surface area contributed by atoms with Gasteiger partial charge in [-0.1, -0.05) is 80.2 Å². The molecule has 6 aliphatic heterocycles.